The smallest absolute Gasteiger partial charge is 0.229 e. The van der Waals surface area contributed by atoms with E-state index in [9.17, 15) is 4.79 Å². The number of nitrogens with one attached hydrogen (secondary N) is 1. The summed E-state index contributed by atoms with van der Waals surface area (Å²) in [7, 11) is 0. The maximum atomic E-state index is 12.5. The summed E-state index contributed by atoms with van der Waals surface area (Å²) in [4.78, 5) is 20.6. The summed E-state index contributed by atoms with van der Waals surface area (Å²) in [6.45, 7) is 0. The first kappa shape index (κ1) is 13.4. The van der Waals surface area contributed by atoms with Crippen molar-refractivity contribution in [3.63, 3.8) is 0 Å². The standard InChI is InChI=1S/C15H18N6O/c16-14-10-2-1-9(5-10)13(14)15(22)20-11-3-4-12(18-6-11)21-8-17-7-19-21/h3-4,6-10,13-14H,1-2,5,16H2,(H,20,22). The van der Waals surface area contributed by atoms with Crippen LogP contribution in [0.3, 0.4) is 0 Å². The van der Waals surface area contributed by atoms with Crippen LogP contribution in [-0.4, -0.2) is 31.7 Å². The SMILES string of the molecule is NC1C2CCC(C2)C1C(=O)Nc1ccc(-n2cncn2)nc1. The average Bonchev–Trinajstić information content (AvgIpc) is 3.25. The summed E-state index contributed by atoms with van der Waals surface area (Å²) in [5, 5.41) is 6.96. The fraction of sp³-hybridized carbons (Fsp3) is 0.467. The predicted molar refractivity (Wildman–Crippen MR) is 80.1 cm³/mol. The summed E-state index contributed by atoms with van der Waals surface area (Å²) >= 11 is 0. The molecule has 0 aromatic carbocycles. The molecule has 2 heterocycles. The molecule has 2 saturated carbocycles. The molecule has 114 valence electrons. The molecule has 0 saturated heterocycles. The second-order valence-corrected chi connectivity index (χ2v) is 6.17. The van der Waals surface area contributed by atoms with Gasteiger partial charge in [-0.15, -0.1) is 0 Å². The minimum atomic E-state index is -0.0614. The Morgan fingerprint density at radius 1 is 1.32 bits per heavy atom. The van der Waals surface area contributed by atoms with Gasteiger partial charge in [0, 0.05) is 6.04 Å². The molecule has 2 aliphatic carbocycles. The van der Waals surface area contributed by atoms with Crippen molar-refractivity contribution in [3.8, 4) is 5.82 Å². The molecule has 3 N–H and O–H groups in total. The maximum Gasteiger partial charge on any atom is 0.229 e. The quantitative estimate of drug-likeness (QED) is 0.880. The third kappa shape index (κ3) is 2.18. The number of hydrogen-bond acceptors (Lipinski definition) is 5. The van der Waals surface area contributed by atoms with Crippen LogP contribution in [0.25, 0.3) is 5.82 Å². The van der Waals surface area contributed by atoms with Crippen LogP contribution in [0.4, 0.5) is 5.69 Å². The molecule has 2 aromatic rings. The van der Waals surface area contributed by atoms with E-state index in [0.29, 0.717) is 23.3 Å². The van der Waals surface area contributed by atoms with Crippen molar-refractivity contribution in [3.05, 3.63) is 31.0 Å². The van der Waals surface area contributed by atoms with Gasteiger partial charge in [0.15, 0.2) is 5.82 Å². The molecule has 7 nitrogen and oxygen atoms in total. The van der Waals surface area contributed by atoms with Crippen LogP contribution in [0.15, 0.2) is 31.0 Å². The summed E-state index contributed by atoms with van der Waals surface area (Å²) in [6.07, 6.45) is 8.06. The molecule has 7 heteroatoms. The van der Waals surface area contributed by atoms with E-state index in [1.807, 2.05) is 6.07 Å². The van der Waals surface area contributed by atoms with Crippen molar-refractivity contribution in [2.24, 2.45) is 23.5 Å². The number of pyridine rings is 1. The number of anilines is 1. The normalized spacial score (nSPS) is 29.7. The van der Waals surface area contributed by atoms with Crippen LogP contribution in [-0.2, 0) is 4.79 Å². The Labute approximate surface area is 127 Å². The van der Waals surface area contributed by atoms with Crippen LogP contribution < -0.4 is 11.1 Å². The van der Waals surface area contributed by atoms with Gasteiger partial charge in [-0.1, -0.05) is 0 Å². The molecule has 2 aliphatic rings. The van der Waals surface area contributed by atoms with Crippen molar-refractivity contribution in [2.45, 2.75) is 25.3 Å². The van der Waals surface area contributed by atoms with Crippen LogP contribution in [0.2, 0.25) is 0 Å². The molecular formula is C15H18N6O. The van der Waals surface area contributed by atoms with Crippen LogP contribution in [0.5, 0.6) is 0 Å². The lowest BCUT2D eigenvalue weighted by molar-refractivity contribution is -0.121. The summed E-state index contributed by atoms with van der Waals surface area (Å²) in [5.41, 5.74) is 6.90. The van der Waals surface area contributed by atoms with E-state index in [2.05, 4.69) is 20.4 Å². The van der Waals surface area contributed by atoms with Gasteiger partial charge in [-0.3, -0.25) is 4.79 Å². The van der Waals surface area contributed by atoms with Gasteiger partial charge in [0.1, 0.15) is 12.7 Å². The first-order chi connectivity index (χ1) is 10.7. The van der Waals surface area contributed by atoms with Crippen LogP contribution in [0.1, 0.15) is 19.3 Å². The van der Waals surface area contributed by atoms with Gasteiger partial charge in [0.05, 0.1) is 17.8 Å². The largest absolute Gasteiger partial charge is 0.327 e. The monoisotopic (exact) mass is 298 g/mol. The number of aromatic nitrogens is 4. The highest BCUT2D eigenvalue weighted by Gasteiger charge is 2.49. The van der Waals surface area contributed by atoms with Gasteiger partial charge in [0.2, 0.25) is 5.91 Å². The molecule has 2 aromatic heterocycles. The maximum absolute atomic E-state index is 12.5. The van der Waals surface area contributed by atoms with Crippen molar-refractivity contribution >= 4 is 11.6 Å². The number of nitrogens with two attached hydrogens (primary N) is 1. The number of carbonyl (C=O) groups is 1. The third-order valence-corrected chi connectivity index (χ3v) is 4.95. The van der Waals surface area contributed by atoms with Crippen molar-refractivity contribution in [1.82, 2.24) is 19.7 Å². The van der Waals surface area contributed by atoms with Gasteiger partial charge in [-0.05, 0) is 43.2 Å². The van der Waals surface area contributed by atoms with Crippen molar-refractivity contribution < 1.29 is 4.79 Å². The highest BCUT2D eigenvalue weighted by Crippen LogP contribution is 2.47. The molecule has 4 atom stereocenters. The number of carbonyl (C=O) groups excluding carboxylic acids is 1. The predicted octanol–water partition coefficient (Wildman–Crippen LogP) is 0.974. The molecule has 0 spiro atoms. The number of fused-ring (bicyclic) bond motifs is 2. The fourth-order valence-corrected chi connectivity index (χ4v) is 3.87. The average molecular weight is 298 g/mol. The van der Waals surface area contributed by atoms with E-state index >= 15 is 0 Å². The van der Waals surface area contributed by atoms with Crippen LogP contribution >= 0.6 is 0 Å². The van der Waals surface area contributed by atoms with E-state index in [1.165, 1.54) is 12.7 Å². The van der Waals surface area contributed by atoms with Gasteiger partial charge in [0.25, 0.3) is 0 Å². The zero-order valence-corrected chi connectivity index (χ0v) is 12.1. The second kappa shape index (κ2) is 5.17. The van der Waals surface area contributed by atoms with E-state index in [1.54, 1.807) is 23.3 Å². The summed E-state index contributed by atoms with van der Waals surface area (Å²) in [5.74, 6) is 1.59. The zero-order chi connectivity index (χ0) is 15.1. The number of nitrogens with zero attached hydrogens (tertiary/aromatic N) is 4. The van der Waals surface area contributed by atoms with Crippen LogP contribution in [0, 0.1) is 17.8 Å². The van der Waals surface area contributed by atoms with Gasteiger partial charge >= 0.3 is 0 Å². The van der Waals surface area contributed by atoms with Gasteiger partial charge in [-0.2, -0.15) is 5.10 Å². The molecule has 4 rings (SSSR count). The molecule has 22 heavy (non-hydrogen) atoms. The molecule has 0 aliphatic heterocycles. The lowest BCUT2D eigenvalue weighted by Gasteiger charge is -2.26. The Morgan fingerprint density at radius 2 is 2.18 bits per heavy atom. The van der Waals surface area contributed by atoms with E-state index in [0.717, 1.165) is 12.8 Å². The van der Waals surface area contributed by atoms with E-state index < -0.39 is 0 Å². The molecule has 0 radical (unpaired) electrons. The summed E-state index contributed by atoms with van der Waals surface area (Å²) in [6, 6.07) is 3.62. The topological polar surface area (TPSA) is 98.7 Å². The molecule has 1 amide bonds. The van der Waals surface area contributed by atoms with E-state index in [-0.39, 0.29) is 17.9 Å². The zero-order valence-electron chi connectivity index (χ0n) is 12.1. The summed E-state index contributed by atoms with van der Waals surface area (Å²) < 4.78 is 1.57. The number of amides is 1. The Balaban J connectivity index is 1.46. The lowest BCUT2D eigenvalue weighted by atomic mass is 9.84. The lowest BCUT2D eigenvalue weighted by Crippen LogP contribution is -2.42. The molecular weight excluding hydrogens is 280 g/mol. The number of hydrogen-bond donors (Lipinski definition) is 2. The third-order valence-electron chi connectivity index (χ3n) is 4.95. The number of rotatable bonds is 3. The molecule has 2 fully saturated rings. The molecule has 2 bridgehead atoms. The van der Waals surface area contributed by atoms with E-state index in [4.69, 9.17) is 5.73 Å². The van der Waals surface area contributed by atoms with Crippen molar-refractivity contribution in [2.75, 3.05) is 5.32 Å². The Bertz CT molecular complexity index is 666. The highest BCUT2D eigenvalue weighted by atomic mass is 16.2. The first-order valence-corrected chi connectivity index (χ1v) is 7.60. The minimum absolute atomic E-state index is 0.00105. The Hall–Kier alpha value is -2.28. The first-order valence-electron chi connectivity index (χ1n) is 7.60. The fourth-order valence-electron chi connectivity index (χ4n) is 3.87. The second-order valence-electron chi connectivity index (χ2n) is 6.17. The van der Waals surface area contributed by atoms with Crippen molar-refractivity contribution in [1.29, 1.82) is 0 Å². The Morgan fingerprint density at radius 3 is 2.82 bits per heavy atom. The Kier molecular flexibility index (Phi) is 3.15. The minimum Gasteiger partial charge on any atom is -0.327 e. The van der Waals surface area contributed by atoms with Gasteiger partial charge in [-0.25, -0.2) is 14.6 Å². The van der Waals surface area contributed by atoms with Gasteiger partial charge < -0.3 is 11.1 Å². The molecule has 4 unspecified atom stereocenters. The highest BCUT2D eigenvalue weighted by molar-refractivity contribution is 5.93.